The predicted octanol–water partition coefficient (Wildman–Crippen LogP) is 0.927. The summed E-state index contributed by atoms with van der Waals surface area (Å²) in [5.41, 5.74) is 0.852. The van der Waals surface area contributed by atoms with E-state index in [1.165, 1.54) is 0 Å². The van der Waals surface area contributed by atoms with Crippen molar-refractivity contribution in [3.05, 3.63) is 24.7 Å². The van der Waals surface area contributed by atoms with Gasteiger partial charge in [0, 0.05) is 12.3 Å². The average molecular weight is 108 g/mol. The van der Waals surface area contributed by atoms with Crippen LogP contribution in [0.15, 0.2) is 29.2 Å². The maximum Gasteiger partial charge on any atom is 0.171 e. The Hall–Kier alpha value is -1.25. The zero-order valence-electron chi connectivity index (χ0n) is 4.11. The Morgan fingerprint density at radius 1 is 1.62 bits per heavy atom. The van der Waals surface area contributed by atoms with Crippen molar-refractivity contribution >= 4 is 5.65 Å². The predicted molar refractivity (Wildman–Crippen MR) is 27.5 cm³/mol. The summed E-state index contributed by atoms with van der Waals surface area (Å²) in [7, 11) is 0. The lowest BCUT2D eigenvalue weighted by molar-refractivity contribution is 0.377. The minimum absolute atomic E-state index is 0.852. The molecule has 0 amide bonds. The van der Waals surface area contributed by atoms with E-state index in [0.29, 0.717) is 0 Å². The van der Waals surface area contributed by atoms with Crippen LogP contribution in [-0.4, -0.2) is 9.56 Å². The molecular weight excluding hydrogens is 104 g/mol. The summed E-state index contributed by atoms with van der Waals surface area (Å²) in [6.45, 7) is 0. The average Bonchev–Trinajstić information content (AvgIpc) is 2.15. The Balaban J connectivity index is 3.06. The van der Waals surface area contributed by atoms with Gasteiger partial charge in [-0.3, -0.25) is 0 Å². The fourth-order valence-electron chi connectivity index (χ4n) is 0.666. The minimum atomic E-state index is 0.852. The molecule has 3 nitrogen and oxygen atoms in total. The van der Waals surface area contributed by atoms with Gasteiger partial charge in [-0.15, -0.1) is 0 Å². The molecule has 0 spiro atoms. The zero-order chi connectivity index (χ0) is 5.40. The van der Waals surface area contributed by atoms with Crippen LogP contribution < -0.4 is 0 Å². The molecule has 2 aromatic rings. The van der Waals surface area contributed by atoms with E-state index < -0.39 is 0 Å². The van der Waals surface area contributed by atoms with Crippen LogP contribution in [0.5, 0.6) is 0 Å². The summed E-state index contributed by atoms with van der Waals surface area (Å²) in [6, 6.07) is 1.81. The summed E-state index contributed by atoms with van der Waals surface area (Å²) in [4.78, 5) is 3.95. The van der Waals surface area contributed by atoms with E-state index in [4.69, 9.17) is 4.52 Å². The molecular formula is C5H4N2O. The van der Waals surface area contributed by atoms with E-state index >= 15 is 0 Å². The Labute approximate surface area is 45.5 Å². The molecule has 2 aromatic heterocycles. The molecule has 0 aliphatic rings. The van der Waals surface area contributed by atoms with Gasteiger partial charge in [0.2, 0.25) is 0 Å². The molecule has 0 aliphatic carbocycles. The van der Waals surface area contributed by atoms with E-state index in [1.807, 2.05) is 0 Å². The summed E-state index contributed by atoms with van der Waals surface area (Å²) >= 11 is 0. The number of nitrogens with zero attached hydrogens (tertiary/aromatic N) is 2. The van der Waals surface area contributed by atoms with Gasteiger partial charge in [-0.25, -0.2) is 4.98 Å². The third-order valence-corrected chi connectivity index (χ3v) is 1.03. The largest absolute Gasteiger partial charge is 0.381 e. The monoisotopic (exact) mass is 108 g/mol. The van der Waals surface area contributed by atoms with Gasteiger partial charge in [0.15, 0.2) is 5.65 Å². The highest BCUT2D eigenvalue weighted by atomic mass is 16.5. The van der Waals surface area contributed by atoms with Gasteiger partial charge in [-0.1, -0.05) is 0 Å². The normalized spacial score (nSPS) is 10.5. The van der Waals surface area contributed by atoms with Crippen LogP contribution in [0.1, 0.15) is 0 Å². The molecule has 0 saturated carbocycles. The number of hydrogen-bond donors (Lipinski definition) is 0. The Morgan fingerprint density at radius 3 is 3.50 bits per heavy atom. The molecule has 0 radical (unpaired) electrons. The molecule has 40 valence electrons. The molecule has 2 heterocycles. The molecule has 0 unspecified atom stereocenters. The lowest BCUT2D eigenvalue weighted by atomic mass is 10.7. The lowest BCUT2D eigenvalue weighted by Gasteiger charge is -1.72. The van der Waals surface area contributed by atoms with Crippen LogP contribution in [0, 0.1) is 0 Å². The maximum atomic E-state index is 4.91. The van der Waals surface area contributed by atoms with Crippen molar-refractivity contribution in [3.8, 4) is 0 Å². The van der Waals surface area contributed by atoms with Gasteiger partial charge in [-0.05, 0) is 0 Å². The second-order valence-corrected chi connectivity index (χ2v) is 1.52. The molecule has 8 heavy (non-hydrogen) atoms. The number of rotatable bonds is 0. The molecule has 3 heteroatoms. The highest BCUT2D eigenvalue weighted by Crippen LogP contribution is 1.97. The van der Waals surface area contributed by atoms with Crippen molar-refractivity contribution in [3.63, 3.8) is 0 Å². The molecule has 0 aliphatic heterocycles. The third kappa shape index (κ3) is 0.307. The lowest BCUT2D eigenvalue weighted by Crippen LogP contribution is -1.67. The topological polar surface area (TPSA) is 30.4 Å². The van der Waals surface area contributed by atoms with Crippen LogP contribution in [0.4, 0.5) is 0 Å². The fourth-order valence-corrected chi connectivity index (χ4v) is 0.666. The number of fused-ring (bicyclic) bond motifs is 1. The first kappa shape index (κ1) is 3.72. The number of aromatic nitrogens is 2. The molecule has 0 saturated heterocycles. The first-order valence-electron chi connectivity index (χ1n) is 2.34. The van der Waals surface area contributed by atoms with E-state index in [0.717, 1.165) is 5.65 Å². The number of hydrogen-bond acceptors (Lipinski definition) is 2. The van der Waals surface area contributed by atoms with Crippen LogP contribution in [-0.2, 0) is 0 Å². The molecule has 0 bridgehead atoms. The van der Waals surface area contributed by atoms with Crippen molar-refractivity contribution in [2.75, 3.05) is 0 Å². The molecule has 0 atom stereocenters. The summed E-state index contributed by atoms with van der Waals surface area (Å²) in [5.74, 6) is 0. The van der Waals surface area contributed by atoms with Gasteiger partial charge >= 0.3 is 0 Å². The van der Waals surface area contributed by atoms with Gasteiger partial charge in [0.05, 0.1) is 6.20 Å². The van der Waals surface area contributed by atoms with Crippen LogP contribution in [0.25, 0.3) is 5.65 Å². The van der Waals surface area contributed by atoms with Crippen LogP contribution in [0.2, 0.25) is 0 Å². The molecule has 0 fully saturated rings. The highest BCUT2D eigenvalue weighted by Gasteiger charge is 1.89. The summed E-state index contributed by atoms with van der Waals surface area (Å²) in [5, 5.41) is 0. The first-order chi connectivity index (χ1) is 3.97. The number of imidazole rings is 1. The van der Waals surface area contributed by atoms with E-state index in [1.54, 1.807) is 29.3 Å². The van der Waals surface area contributed by atoms with Gasteiger partial charge < -0.3 is 4.52 Å². The fraction of sp³-hybridized carbons (Fsp3) is 0. The Kier molecular flexibility index (Phi) is 0.521. The van der Waals surface area contributed by atoms with Crippen molar-refractivity contribution in [1.29, 1.82) is 0 Å². The summed E-state index contributed by atoms with van der Waals surface area (Å²) < 4.78 is 6.51. The van der Waals surface area contributed by atoms with Gasteiger partial charge in [0.25, 0.3) is 0 Å². The standard InChI is InChI=1S/C5H4N2O/c1-4-8-7-3-2-6-5(1)7/h1-4H. The SMILES string of the molecule is c1cn2occc2n1. The van der Waals surface area contributed by atoms with Crippen molar-refractivity contribution < 1.29 is 4.52 Å². The summed E-state index contributed by atoms with van der Waals surface area (Å²) in [6.07, 6.45) is 5.05. The van der Waals surface area contributed by atoms with Crippen LogP contribution >= 0.6 is 0 Å². The van der Waals surface area contributed by atoms with Crippen molar-refractivity contribution in [2.24, 2.45) is 0 Å². The quantitative estimate of drug-likeness (QED) is 0.502. The van der Waals surface area contributed by atoms with Crippen molar-refractivity contribution in [2.45, 2.75) is 0 Å². The van der Waals surface area contributed by atoms with Crippen LogP contribution in [0.3, 0.4) is 0 Å². The molecule has 2 rings (SSSR count). The Morgan fingerprint density at radius 2 is 2.62 bits per heavy atom. The smallest absolute Gasteiger partial charge is 0.171 e. The molecule has 0 N–H and O–H groups in total. The van der Waals surface area contributed by atoms with E-state index in [9.17, 15) is 0 Å². The molecule has 0 aromatic carbocycles. The third-order valence-electron chi connectivity index (χ3n) is 1.03. The zero-order valence-corrected chi connectivity index (χ0v) is 4.11. The van der Waals surface area contributed by atoms with E-state index in [-0.39, 0.29) is 0 Å². The highest BCUT2D eigenvalue weighted by molar-refractivity contribution is 5.33. The second kappa shape index (κ2) is 1.12. The van der Waals surface area contributed by atoms with Gasteiger partial charge in [-0.2, -0.15) is 4.57 Å². The van der Waals surface area contributed by atoms with E-state index in [2.05, 4.69) is 4.98 Å². The first-order valence-corrected chi connectivity index (χ1v) is 2.34. The minimum Gasteiger partial charge on any atom is -0.381 e. The second-order valence-electron chi connectivity index (χ2n) is 1.52. The van der Waals surface area contributed by atoms with Gasteiger partial charge in [0.1, 0.15) is 6.26 Å². The maximum absolute atomic E-state index is 4.91. The Bertz CT molecular complexity index is 232. The van der Waals surface area contributed by atoms with Crippen molar-refractivity contribution in [1.82, 2.24) is 9.56 Å².